The number of rotatable bonds is 3. The van der Waals surface area contributed by atoms with E-state index >= 15 is 0 Å². The fourth-order valence-corrected chi connectivity index (χ4v) is 3.07. The summed E-state index contributed by atoms with van der Waals surface area (Å²) in [6.07, 6.45) is 5.23. The van der Waals surface area contributed by atoms with Gasteiger partial charge in [-0.15, -0.1) is 5.10 Å². The Bertz CT molecular complexity index is 898. The van der Waals surface area contributed by atoms with Gasteiger partial charge in [-0.3, -0.25) is 9.80 Å². The molecule has 0 spiro atoms. The Labute approximate surface area is 149 Å². The lowest BCUT2D eigenvalue weighted by atomic mass is 10.1. The van der Waals surface area contributed by atoms with Gasteiger partial charge in [0, 0.05) is 11.9 Å². The third-order valence-electron chi connectivity index (χ3n) is 4.24. The van der Waals surface area contributed by atoms with E-state index in [1.807, 2.05) is 25.1 Å². The van der Waals surface area contributed by atoms with Crippen molar-refractivity contribution in [2.45, 2.75) is 19.1 Å². The molecule has 2 aliphatic rings. The SMILES string of the molecule is CC1=C(C(=O)Nc2cccnn2)N2NC(c3cccc(F)c3)C=CC2N1. The van der Waals surface area contributed by atoms with E-state index in [2.05, 4.69) is 26.3 Å². The number of hydrogen-bond acceptors (Lipinski definition) is 6. The second-order valence-electron chi connectivity index (χ2n) is 6.04. The molecule has 132 valence electrons. The molecule has 2 aromatic rings. The number of carbonyl (C=O) groups excluding carboxylic acids is 1. The molecule has 0 saturated carbocycles. The molecule has 1 amide bonds. The van der Waals surface area contributed by atoms with E-state index in [1.54, 1.807) is 23.2 Å². The number of allylic oxidation sites excluding steroid dienone is 1. The van der Waals surface area contributed by atoms with Gasteiger partial charge < -0.3 is 10.6 Å². The number of carbonyl (C=O) groups is 1. The van der Waals surface area contributed by atoms with Gasteiger partial charge in [-0.05, 0) is 42.8 Å². The number of fused-ring (bicyclic) bond motifs is 1. The van der Waals surface area contributed by atoms with Crippen LogP contribution in [0.2, 0.25) is 0 Å². The van der Waals surface area contributed by atoms with Crippen molar-refractivity contribution < 1.29 is 9.18 Å². The van der Waals surface area contributed by atoms with Gasteiger partial charge in [0.15, 0.2) is 5.82 Å². The van der Waals surface area contributed by atoms with Crippen LogP contribution in [0, 0.1) is 5.82 Å². The molecule has 0 saturated heterocycles. The average molecular weight is 352 g/mol. The maximum atomic E-state index is 13.5. The molecule has 0 radical (unpaired) electrons. The number of anilines is 1. The fraction of sp³-hybridized carbons (Fsp3) is 0.167. The Morgan fingerprint density at radius 1 is 1.27 bits per heavy atom. The maximum Gasteiger partial charge on any atom is 0.276 e. The van der Waals surface area contributed by atoms with Crippen LogP contribution in [0.4, 0.5) is 10.2 Å². The minimum absolute atomic E-state index is 0.192. The third-order valence-corrected chi connectivity index (χ3v) is 4.24. The largest absolute Gasteiger partial charge is 0.363 e. The number of nitrogens with one attached hydrogen (secondary N) is 3. The second kappa shape index (κ2) is 6.57. The third kappa shape index (κ3) is 3.02. The zero-order valence-electron chi connectivity index (χ0n) is 14.0. The molecule has 2 unspecified atom stereocenters. The van der Waals surface area contributed by atoms with Gasteiger partial charge in [0.05, 0.1) is 6.04 Å². The first kappa shape index (κ1) is 16.2. The normalized spacial score (nSPS) is 21.4. The van der Waals surface area contributed by atoms with Crippen molar-refractivity contribution in [2.75, 3.05) is 5.32 Å². The molecule has 1 aromatic heterocycles. The van der Waals surface area contributed by atoms with Gasteiger partial charge in [0.2, 0.25) is 0 Å². The number of halogens is 1. The second-order valence-corrected chi connectivity index (χ2v) is 6.04. The molecule has 2 atom stereocenters. The minimum Gasteiger partial charge on any atom is -0.363 e. The highest BCUT2D eigenvalue weighted by atomic mass is 19.1. The van der Waals surface area contributed by atoms with E-state index in [0.29, 0.717) is 11.5 Å². The Kier molecular flexibility index (Phi) is 4.10. The van der Waals surface area contributed by atoms with Gasteiger partial charge in [-0.1, -0.05) is 18.2 Å². The van der Waals surface area contributed by atoms with Crippen LogP contribution in [0.5, 0.6) is 0 Å². The summed E-state index contributed by atoms with van der Waals surface area (Å²) < 4.78 is 13.5. The molecule has 3 heterocycles. The molecule has 7 nitrogen and oxygen atoms in total. The van der Waals surface area contributed by atoms with E-state index in [4.69, 9.17) is 0 Å². The van der Waals surface area contributed by atoms with E-state index in [0.717, 1.165) is 11.3 Å². The summed E-state index contributed by atoms with van der Waals surface area (Å²) >= 11 is 0. The van der Waals surface area contributed by atoms with Crippen molar-refractivity contribution in [2.24, 2.45) is 0 Å². The Hall–Kier alpha value is -3.26. The van der Waals surface area contributed by atoms with Crippen LogP contribution < -0.4 is 16.1 Å². The summed E-state index contributed by atoms with van der Waals surface area (Å²) in [7, 11) is 0. The zero-order valence-corrected chi connectivity index (χ0v) is 14.0. The number of benzene rings is 1. The van der Waals surface area contributed by atoms with Crippen molar-refractivity contribution in [3.63, 3.8) is 0 Å². The lowest BCUT2D eigenvalue weighted by Crippen LogP contribution is -2.50. The topological polar surface area (TPSA) is 82.2 Å². The molecule has 1 aromatic carbocycles. The molecule has 3 N–H and O–H groups in total. The van der Waals surface area contributed by atoms with Gasteiger partial charge in [0.1, 0.15) is 17.7 Å². The summed E-state index contributed by atoms with van der Waals surface area (Å²) in [6, 6.07) is 9.50. The van der Waals surface area contributed by atoms with Crippen LogP contribution in [0.3, 0.4) is 0 Å². The van der Waals surface area contributed by atoms with E-state index in [9.17, 15) is 9.18 Å². The van der Waals surface area contributed by atoms with Crippen LogP contribution in [-0.4, -0.2) is 27.3 Å². The number of amides is 1. The van der Waals surface area contributed by atoms with E-state index < -0.39 is 0 Å². The summed E-state index contributed by atoms with van der Waals surface area (Å²) in [5, 5.41) is 15.3. The molecular formula is C18H17FN6O. The van der Waals surface area contributed by atoms with Crippen LogP contribution in [-0.2, 0) is 4.79 Å². The first-order valence-electron chi connectivity index (χ1n) is 8.17. The molecular weight excluding hydrogens is 335 g/mol. The lowest BCUT2D eigenvalue weighted by Gasteiger charge is -2.34. The smallest absolute Gasteiger partial charge is 0.276 e. The highest BCUT2D eigenvalue weighted by molar-refractivity contribution is 6.03. The molecule has 8 heteroatoms. The lowest BCUT2D eigenvalue weighted by molar-refractivity contribution is -0.114. The predicted octanol–water partition coefficient (Wildman–Crippen LogP) is 1.83. The van der Waals surface area contributed by atoms with Crippen molar-refractivity contribution in [3.8, 4) is 0 Å². The number of hydrazine groups is 1. The molecule has 0 fully saturated rings. The number of aromatic nitrogens is 2. The highest BCUT2D eigenvalue weighted by Crippen LogP contribution is 2.28. The predicted molar refractivity (Wildman–Crippen MR) is 93.5 cm³/mol. The number of nitrogens with zero attached hydrogens (tertiary/aromatic N) is 3. The van der Waals surface area contributed by atoms with Gasteiger partial charge in [-0.2, -0.15) is 5.10 Å². The van der Waals surface area contributed by atoms with Crippen molar-refractivity contribution in [1.29, 1.82) is 0 Å². The summed E-state index contributed by atoms with van der Waals surface area (Å²) in [5.41, 5.74) is 5.22. The summed E-state index contributed by atoms with van der Waals surface area (Å²) in [5.74, 6) is -0.235. The zero-order chi connectivity index (χ0) is 18.1. The fourth-order valence-electron chi connectivity index (χ4n) is 3.07. The average Bonchev–Trinajstić information content (AvgIpc) is 2.97. The first-order chi connectivity index (χ1) is 12.6. The van der Waals surface area contributed by atoms with Crippen LogP contribution in [0.25, 0.3) is 0 Å². The molecule has 0 bridgehead atoms. The van der Waals surface area contributed by atoms with Crippen LogP contribution >= 0.6 is 0 Å². The number of hydrogen-bond donors (Lipinski definition) is 3. The summed E-state index contributed by atoms with van der Waals surface area (Å²) in [4.78, 5) is 12.7. The Morgan fingerprint density at radius 2 is 2.15 bits per heavy atom. The van der Waals surface area contributed by atoms with Crippen LogP contribution in [0.1, 0.15) is 18.5 Å². The van der Waals surface area contributed by atoms with Gasteiger partial charge in [0.25, 0.3) is 5.91 Å². The van der Waals surface area contributed by atoms with Crippen molar-refractivity contribution in [3.05, 3.63) is 77.5 Å². The summed E-state index contributed by atoms with van der Waals surface area (Å²) in [6.45, 7) is 1.83. The molecule has 2 aliphatic heterocycles. The molecule has 4 rings (SSSR count). The van der Waals surface area contributed by atoms with Crippen molar-refractivity contribution in [1.82, 2.24) is 25.9 Å². The standard InChI is InChI=1S/C18H17FN6O/c1-11-17(18(26)22-15-6-3-9-20-23-15)25-16(21-11)8-7-14(24-25)12-4-2-5-13(19)10-12/h2-10,14,16,21,24H,1H3,(H,22,23,26). The monoisotopic (exact) mass is 352 g/mol. The highest BCUT2D eigenvalue weighted by Gasteiger charge is 2.36. The quantitative estimate of drug-likeness (QED) is 0.731. The Balaban J connectivity index is 1.56. The van der Waals surface area contributed by atoms with Crippen molar-refractivity contribution >= 4 is 11.7 Å². The maximum absolute atomic E-state index is 13.5. The van der Waals surface area contributed by atoms with Gasteiger partial charge >= 0.3 is 0 Å². The Morgan fingerprint density at radius 3 is 2.92 bits per heavy atom. The van der Waals surface area contributed by atoms with Gasteiger partial charge in [-0.25, -0.2) is 9.82 Å². The van der Waals surface area contributed by atoms with E-state index in [-0.39, 0.29) is 23.9 Å². The first-order valence-corrected chi connectivity index (χ1v) is 8.17. The van der Waals surface area contributed by atoms with E-state index in [1.165, 1.54) is 18.3 Å². The van der Waals surface area contributed by atoms with Crippen LogP contribution in [0.15, 0.2) is 66.1 Å². The molecule has 0 aliphatic carbocycles. The minimum atomic E-state index is -0.307. The molecule has 26 heavy (non-hydrogen) atoms.